The topological polar surface area (TPSA) is 52.7 Å². The van der Waals surface area contributed by atoms with Crippen LogP contribution in [0.1, 0.15) is 25.6 Å². The highest BCUT2D eigenvalue weighted by Gasteiger charge is 2.19. The van der Waals surface area contributed by atoms with Gasteiger partial charge in [0.2, 0.25) is 11.8 Å². The number of nitrogens with zero attached hydrogens (tertiary/aromatic N) is 2. The summed E-state index contributed by atoms with van der Waals surface area (Å²) in [6.07, 6.45) is 1.72. The van der Waals surface area contributed by atoms with Crippen LogP contribution in [0.3, 0.4) is 0 Å². The number of hydrogen-bond donors (Lipinski definition) is 1. The summed E-state index contributed by atoms with van der Waals surface area (Å²) >= 11 is 5.04. The van der Waals surface area contributed by atoms with Gasteiger partial charge in [0.1, 0.15) is 0 Å². The fourth-order valence-corrected chi connectivity index (χ4v) is 3.62. The lowest BCUT2D eigenvalue weighted by atomic mass is 10.1. The number of carbonyl (C=O) groups is 2. The van der Waals surface area contributed by atoms with Crippen molar-refractivity contribution >= 4 is 39.1 Å². The SMILES string of the molecule is C=CCN(Cc1ccc(Br)s1)C(=O)CN(C)CC(=O)NC(C)(C)C. The zero-order valence-electron chi connectivity index (χ0n) is 14.8. The van der Waals surface area contributed by atoms with Gasteiger partial charge in [0, 0.05) is 17.0 Å². The molecule has 0 aliphatic carbocycles. The molecule has 1 rings (SSSR count). The van der Waals surface area contributed by atoms with Crippen molar-refractivity contribution in [2.45, 2.75) is 32.9 Å². The van der Waals surface area contributed by atoms with Gasteiger partial charge in [-0.1, -0.05) is 6.08 Å². The maximum atomic E-state index is 12.5. The van der Waals surface area contributed by atoms with Crippen molar-refractivity contribution < 1.29 is 9.59 Å². The first-order chi connectivity index (χ1) is 11.1. The molecule has 0 radical (unpaired) electrons. The molecule has 0 saturated heterocycles. The number of hydrogen-bond acceptors (Lipinski definition) is 4. The average molecular weight is 416 g/mol. The molecule has 1 aromatic heterocycles. The molecule has 0 spiro atoms. The van der Waals surface area contributed by atoms with Crippen molar-refractivity contribution in [1.29, 1.82) is 0 Å². The molecule has 134 valence electrons. The van der Waals surface area contributed by atoms with E-state index in [2.05, 4.69) is 27.8 Å². The number of rotatable bonds is 8. The quantitative estimate of drug-likeness (QED) is 0.664. The van der Waals surface area contributed by atoms with Gasteiger partial charge in [-0.2, -0.15) is 0 Å². The van der Waals surface area contributed by atoms with Crippen LogP contribution >= 0.6 is 27.3 Å². The van der Waals surface area contributed by atoms with Crippen molar-refractivity contribution in [1.82, 2.24) is 15.1 Å². The maximum absolute atomic E-state index is 12.5. The van der Waals surface area contributed by atoms with E-state index < -0.39 is 0 Å². The molecule has 0 saturated carbocycles. The first kappa shape index (κ1) is 20.9. The van der Waals surface area contributed by atoms with Gasteiger partial charge in [-0.05, 0) is 55.9 Å². The number of halogens is 1. The first-order valence-electron chi connectivity index (χ1n) is 7.73. The molecule has 7 heteroatoms. The molecule has 1 N–H and O–H groups in total. The number of thiophene rings is 1. The minimum Gasteiger partial charge on any atom is -0.350 e. The zero-order chi connectivity index (χ0) is 18.3. The molecule has 1 aromatic rings. The van der Waals surface area contributed by atoms with Crippen LogP contribution in [0.15, 0.2) is 28.6 Å². The van der Waals surface area contributed by atoms with Crippen molar-refractivity contribution in [3.05, 3.63) is 33.5 Å². The van der Waals surface area contributed by atoms with Gasteiger partial charge >= 0.3 is 0 Å². The summed E-state index contributed by atoms with van der Waals surface area (Å²) in [6, 6.07) is 3.97. The summed E-state index contributed by atoms with van der Waals surface area (Å²) in [5.74, 6) is -0.110. The molecule has 0 bridgehead atoms. The van der Waals surface area contributed by atoms with E-state index in [-0.39, 0.29) is 30.4 Å². The van der Waals surface area contributed by atoms with E-state index in [1.807, 2.05) is 32.9 Å². The molecule has 0 fully saturated rings. The molecule has 2 amide bonds. The fourth-order valence-electron chi connectivity index (χ4n) is 2.12. The largest absolute Gasteiger partial charge is 0.350 e. The van der Waals surface area contributed by atoms with Crippen LogP contribution in [0.2, 0.25) is 0 Å². The lowest BCUT2D eigenvalue weighted by Gasteiger charge is -2.25. The Morgan fingerprint density at radius 1 is 1.33 bits per heavy atom. The third-order valence-corrected chi connectivity index (χ3v) is 4.62. The van der Waals surface area contributed by atoms with E-state index in [1.54, 1.807) is 34.3 Å². The summed E-state index contributed by atoms with van der Waals surface area (Å²) in [6.45, 7) is 10.9. The Morgan fingerprint density at radius 3 is 2.50 bits per heavy atom. The maximum Gasteiger partial charge on any atom is 0.237 e. The van der Waals surface area contributed by atoms with Gasteiger partial charge in [-0.3, -0.25) is 14.5 Å². The second kappa shape index (κ2) is 9.34. The van der Waals surface area contributed by atoms with E-state index in [1.165, 1.54) is 0 Å². The summed E-state index contributed by atoms with van der Waals surface area (Å²) in [5, 5.41) is 2.90. The molecule has 24 heavy (non-hydrogen) atoms. The number of likely N-dealkylation sites (N-methyl/N-ethyl adjacent to an activating group) is 1. The molecule has 0 aromatic carbocycles. The average Bonchev–Trinajstić information content (AvgIpc) is 2.81. The summed E-state index contributed by atoms with van der Waals surface area (Å²) in [5.41, 5.74) is -0.274. The monoisotopic (exact) mass is 415 g/mol. The van der Waals surface area contributed by atoms with Crippen LogP contribution in [-0.4, -0.2) is 53.8 Å². The highest BCUT2D eigenvalue weighted by atomic mass is 79.9. The normalized spacial score (nSPS) is 11.4. The van der Waals surface area contributed by atoms with E-state index in [9.17, 15) is 9.59 Å². The van der Waals surface area contributed by atoms with Crippen LogP contribution in [0, 0.1) is 0 Å². The number of carbonyl (C=O) groups excluding carboxylic acids is 2. The van der Waals surface area contributed by atoms with Gasteiger partial charge in [-0.25, -0.2) is 0 Å². The first-order valence-corrected chi connectivity index (χ1v) is 9.34. The minimum absolute atomic E-state index is 0.0227. The van der Waals surface area contributed by atoms with Crippen molar-refractivity contribution in [2.24, 2.45) is 0 Å². The highest BCUT2D eigenvalue weighted by Crippen LogP contribution is 2.23. The van der Waals surface area contributed by atoms with E-state index >= 15 is 0 Å². The molecule has 5 nitrogen and oxygen atoms in total. The lowest BCUT2D eigenvalue weighted by Crippen LogP contribution is -2.47. The molecule has 1 heterocycles. The molecule has 0 atom stereocenters. The molecule has 0 unspecified atom stereocenters. The van der Waals surface area contributed by atoms with Crippen LogP contribution in [0.5, 0.6) is 0 Å². The molecular weight excluding hydrogens is 390 g/mol. The van der Waals surface area contributed by atoms with Crippen LogP contribution < -0.4 is 5.32 Å². The van der Waals surface area contributed by atoms with Gasteiger partial charge in [-0.15, -0.1) is 17.9 Å². The highest BCUT2D eigenvalue weighted by molar-refractivity contribution is 9.11. The van der Waals surface area contributed by atoms with Gasteiger partial charge in [0.05, 0.1) is 23.4 Å². The lowest BCUT2D eigenvalue weighted by molar-refractivity contribution is -0.132. The predicted molar refractivity (Wildman–Crippen MR) is 103 cm³/mol. The third kappa shape index (κ3) is 8.08. The van der Waals surface area contributed by atoms with Crippen LogP contribution in [0.4, 0.5) is 0 Å². The van der Waals surface area contributed by atoms with Crippen molar-refractivity contribution in [3.63, 3.8) is 0 Å². The fraction of sp³-hybridized carbons (Fsp3) is 0.529. The van der Waals surface area contributed by atoms with Crippen LogP contribution in [0.25, 0.3) is 0 Å². The molecule has 0 aliphatic heterocycles. The van der Waals surface area contributed by atoms with Gasteiger partial charge in [0.15, 0.2) is 0 Å². The van der Waals surface area contributed by atoms with E-state index in [0.717, 1.165) is 8.66 Å². The standard InChI is InChI=1S/C17H26BrN3O2S/c1-6-9-21(10-13-7-8-14(18)24-13)16(23)12-20(5)11-15(22)19-17(2,3)4/h6-8H,1,9-12H2,2-5H3,(H,19,22). The number of nitrogens with one attached hydrogen (secondary N) is 1. The zero-order valence-corrected chi connectivity index (χ0v) is 17.2. The summed E-state index contributed by atoms with van der Waals surface area (Å²) < 4.78 is 1.04. The molecule has 0 aliphatic rings. The predicted octanol–water partition coefficient (Wildman–Crippen LogP) is 2.87. The molecular formula is C17H26BrN3O2S. The summed E-state index contributed by atoms with van der Waals surface area (Å²) in [4.78, 5) is 29.0. The Labute approximate surface area is 156 Å². The van der Waals surface area contributed by atoms with Crippen LogP contribution in [-0.2, 0) is 16.1 Å². The Balaban J connectivity index is 2.57. The van der Waals surface area contributed by atoms with Gasteiger partial charge in [0.25, 0.3) is 0 Å². The Bertz CT molecular complexity index is 581. The summed E-state index contributed by atoms with van der Waals surface area (Å²) in [7, 11) is 1.77. The van der Waals surface area contributed by atoms with Crippen molar-refractivity contribution in [3.8, 4) is 0 Å². The minimum atomic E-state index is -0.274. The Kier molecular flexibility index (Phi) is 8.12. The Hall–Kier alpha value is -1.18. The second-order valence-electron chi connectivity index (χ2n) is 6.74. The van der Waals surface area contributed by atoms with Gasteiger partial charge < -0.3 is 10.2 Å². The van der Waals surface area contributed by atoms with E-state index in [4.69, 9.17) is 0 Å². The van der Waals surface area contributed by atoms with E-state index in [0.29, 0.717) is 13.1 Å². The number of amides is 2. The smallest absolute Gasteiger partial charge is 0.237 e. The Morgan fingerprint density at radius 2 is 2.00 bits per heavy atom. The second-order valence-corrected chi connectivity index (χ2v) is 9.29. The third-order valence-electron chi connectivity index (χ3n) is 3.01. The van der Waals surface area contributed by atoms with Crippen molar-refractivity contribution in [2.75, 3.05) is 26.7 Å².